The third kappa shape index (κ3) is 3.05. The third-order valence-corrected chi connectivity index (χ3v) is 3.32. The number of hydrogen-bond acceptors (Lipinski definition) is 2. The Kier molecular flexibility index (Phi) is 3.74. The topological polar surface area (TPSA) is 69.6 Å². The van der Waals surface area contributed by atoms with Gasteiger partial charge in [-0.2, -0.15) is 0 Å². The number of amides is 2. The van der Waals surface area contributed by atoms with Gasteiger partial charge < -0.3 is 15.3 Å². The normalized spacial score (nSPS) is 14.0. The first-order valence-corrected chi connectivity index (χ1v) is 6.44. The number of carbonyl (C=O) groups is 2. The average Bonchev–Trinajstić information content (AvgIpc) is 3.17. The predicted molar refractivity (Wildman–Crippen MR) is 72.6 cm³/mol. The van der Waals surface area contributed by atoms with Gasteiger partial charge in [-0.25, -0.2) is 9.59 Å². The van der Waals surface area contributed by atoms with Gasteiger partial charge in [0, 0.05) is 18.3 Å². The number of urea groups is 1. The second-order valence-electron chi connectivity index (χ2n) is 4.78. The van der Waals surface area contributed by atoms with Crippen molar-refractivity contribution >= 4 is 17.7 Å². The molecular weight excluding hydrogens is 244 g/mol. The molecule has 1 aliphatic carbocycles. The van der Waals surface area contributed by atoms with Crippen molar-refractivity contribution in [3.63, 3.8) is 0 Å². The van der Waals surface area contributed by atoms with E-state index in [1.165, 1.54) is 12.1 Å². The Morgan fingerprint density at radius 1 is 1.42 bits per heavy atom. The number of rotatable bonds is 4. The zero-order chi connectivity index (χ0) is 14.0. The van der Waals surface area contributed by atoms with Gasteiger partial charge >= 0.3 is 12.0 Å². The lowest BCUT2D eigenvalue weighted by molar-refractivity contribution is 0.0697. The zero-order valence-electron chi connectivity index (χ0n) is 11.1. The van der Waals surface area contributed by atoms with Gasteiger partial charge in [-0.3, -0.25) is 0 Å². The highest BCUT2D eigenvalue weighted by Gasteiger charge is 2.31. The van der Waals surface area contributed by atoms with Crippen molar-refractivity contribution in [2.45, 2.75) is 32.7 Å². The van der Waals surface area contributed by atoms with E-state index < -0.39 is 5.97 Å². The number of hydrogen-bond donors (Lipinski definition) is 2. The van der Waals surface area contributed by atoms with Crippen LogP contribution in [0.15, 0.2) is 18.2 Å². The molecule has 1 fully saturated rings. The van der Waals surface area contributed by atoms with Crippen LogP contribution in [0.25, 0.3) is 0 Å². The maximum absolute atomic E-state index is 12.1. The van der Waals surface area contributed by atoms with Gasteiger partial charge in [-0.1, -0.05) is 6.07 Å². The summed E-state index contributed by atoms with van der Waals surface area (Å²) < 4.78 is 0. The maximum atomic E-state index is 12.1. The van der Waals surface area contributed by atoms with Crippen molar-refractivity contribution in [3.8, 4) is 0 Å². The fraction of sp³-hybridized carbons (Fsp3) is 0.429. The summed E-state index contributed by atoms with van der Waals surface area (Å²) in [5.41, 5.74) is 1.59. The first-order valence-electron chi connectivity index (χ1n) is 6.44. The molecule has 102 valence electrons. The fourth-order valence-electron chi connectivity index (χ4n) is 2.03. The van der Waals surface area contributed by atoms with Crippen molar-refractivity contribution in [3.05, 3.63) is 29.3 Å². The van der Waals surface area contributed by atoms with E-state index in [2.05, 4.69) is 5.32 Å². The highest BCUT2D eigenvalue weighted by atomic mass is 16.4. The average molecular weight is 262 g/mol. The Morgan fingerprint density at radius 3 is 2.63 bits per heavy atom. The van der Waals surface area contributed by atoms with E-state index in [4.69, 9.17) is 5.11 Å². The molecule has 1 aromatic rings. The Morgan fingerprint density at radius 2 is 2.11 bits per heavy atom. The largest absolute Gasteiger partial charge is 0.478 e. The molecular formula is C14H18N2O3. The van der Waals surface area contributed by atoms with Crippen molar-refractivity contribution in [2.75, 3.05) is 11.9 Å². The van der Waals surface area contributed by atoms with Crippen molar-refractivity contribution in [1.82, 2.24) is 4.90 Å². The molecule has 19 heavy (non-hydrogen) atoms. The van der Waals surface area contributed by atoms with E-state index in [1.807, 2.05) is 13.8 Å². The quantitative estimate of drug-likeness (QED) is 0.876. The van der Waals surface area contributed by atoms with Crippen LogP contribution in [-0.2, 0) is 0 Å². The number of nitrogens with one attached hydrogen (secondary N) is 1. The zero-order valence-corrected chi connectivity index (χ0v) is 11.1. The number of carboxylic acid groups (broad SMARTS) is 1. The number of benzene rings is 1. The molecule has 0 unspecified atom stereocenters. The minimum Gasteiger partial charge on any atom is -0.478 e. The van der Waals surface area contributed by atoms with E-state index in [0.29, 0.717) is 18.3 Å². The van der Waals surface area contributed by atoms with Gasteiger partial charge in [0.05, 0.1) is 5.56 Å². The van der Waals surface area contributed by atoms with E-state index >= 15 is 0 Å². The summed E-state index contributed by atoms with van der Waals surface area (Å²) in [4.78, 5) is 24.8. The molecule has 0 bridgehead atoms. The lowest BCUT2D eigenvalue weighted by Gasteiger charge is -2.21. The van der Waals surface area contributed by atoms with Gasteiger partial charge in [0.25, 0.3) is 0 Å². The van der Waals surface area contributed by atoms with Gasteiger partial charge in [0.2, 0.25) is 0 Å². The highest BCUT2D eigenvalue weighted by molar-refractivity contribution is 5.94. The lowest BCUT2D eigenvalue weighted by atomic mass is 10.1. The number of aromatic carboxylic acids is 1. The maximum Gasteiger partial charge on any atom is 0.335 e. The lowest BCUT2D eigenvalue weighted by Crippen LogP contribution is -2.36. The number of aryl methyl sites for hydroxylation is 1. The summed E-state index contributed by atoms with van der Waals surface area (Å²) in [5.74, 6) is -0.995. The third-order valence-electron chi connectivity index (χ3n) is 3.32. The van der Waals surface area contributed by atoms with Crippen molar-refractivity contribution in [2.24, 2.45) is 0 Å². The monoisotopic (exact) mass is 262 g/mol. The first kappa shape index (κ1) is 13.4. The number of nitrogens with zero attached hydrogens (tertiary/aromatic N) is 1. The molecule has 5 heteroatoms. The molecule has 1 saturated carbocycles. The fourth-order valence-corrected chi connectivity index (χ4v) is 2.03. The SMILES string of the molecule is CCN(C(=O)Nc1cc(C(=O)O)ccc1C)C1CC1. The standard InChI is InChI=1S/C14H18N2O3/c1-3-16(11-6-7-11)14(19)15-12-8-10(13(17)18)5-4-9(12)2/h4-5,8,11H,3,6-7H2,1-2H3,(H,15,19)(H,17,18). The van der Waals surface area contributed by atoms with Crippen LogP contribution in [0.4, 0.5) is 10.5 Å². The summed E-state index contributed by atoms with van der Waals surface area (Å²) in [6, 6.07) is 4.91. The van der Waals surface area contributed by atoms with Crippen molar-refractivity contribution < 1.29 is 14.7 Å². The molecule has 2 rings (SSSR count). The molecule has 2 N–H and O–H groups in total. The number of anilines is 1. The summed E-state index contributed by atoms with van der Waals surface area (Å²) in [7, 11) is 0. The van der Waals surface area contributed by atoms with E-state index in [-0.39, 0.29) is 11.6 Å². The molecule has 0 saturated heterocycles. The molecule has 0 spiro atoms. The van der Waals surface area contributed by atoms with E-state index in [0.717, 1.165) is 18.4 Å². The minimum atomic E-state index is -0.995. The van der Waals surface area contributed by atoms with Crippen LogP contribution in [0.2, 0.25) is 0 Å². The Balaban J connectivity index is 2.15. The highest BCUT2D eigenvalue weighted by Crippen LogP contribution is 2.27. The predicted octanol–water partition coefficient (Wildman–Crippen LogP) is 2.71. The summed E-state index contributed by atoms with van der Waals surface area (Å²) >= 11 is 0. The summed E-state index contributed by atoms with van der Waals surface area (Å²) in [6.07, 6.45) is 2.10. The molecule has 0 heterocycles. The van der Waals surface area contributed by atoms with Crippen LogP contribution < -0.4 is 5.32 Å². The number of carboxylic acids is 1. The molecule has 0 aromatic heterocycles. The van der Waals surface area contributed by atoms with Gasteiger partial charge in [-0.15, -0.1) is 0 Å². The molecule has 2 amide bonds. The van der Waals surface area contributed by atoms with Crippen LogP contribution in [0.5, 0.6) is 0 Å². The van der Waals surface area contributed by atoms with Gasteiger partial charge in [0.15, 0.2) is 0 Å². The van der Waals surface area contributed by atoms with E-state index in [9.17, 15) is 9.59 Å². The molecule has 1 aliphatic rings. The summed E-state index contributed by atoms with van der Waals surface area (Å²) in [5, 5.41) is 11.8. The second-order valence-corrected chi connectivity index (χ2v) is 4.78. The van der Waals surface area contributed by atoms with Crippen LogP contribution in [-0.4, -0.2) is 34.6 Å². The first-order chi connectivity index (χ1) is 9.02. The number of carbonyl (C=O) groups excluding carboxylic acids is 1. The van der Waals surface area contributed by atoms with Crippen molar-refractivity contribution in [1.29, 1.82) is 0 Å². The van der Waals surface area contributed by atoms with Crippen LogP contribution >= 0.6 is 0 Å². The van der Waals surface area contributed by atoms with Gasteiger partial charge in [-0.05, 0) is 44.4 Å². The van der Waals surface area contributed by atoms with Crippen LogP contribution in [0.3, 0.4) is 0 Å². The Bertz CT molecular complexity index is 509. The van der Waals surface area contributed by atoms with Gasteiger partial charge in [0.1, 0.15) is 0 Å². The van der Waals surface area contributed by atoms with E-state index in [1.54, 1.807) is 11.0 Å². The smallest absolute Gasteiger partial charge is 0.335 e. The summed E-state index contributed by atoms with van der Waals surface area (Å²) in [6.45, 7) is 4.45. The minimum absolute atomic E-state index is 0.157. The molecule has 0 atom stereocenters. The molecule has 0 radical (unpaired) electrons. The molecule has 1 aromatic carbocycles. The Hall–Kier alpha value is -2.04. The van der Waals surface area contributed by atoms with Crippen LogP contribution in [0.1, 0.15) is 35.7 Å². The Labute approximate surface area is 112 Å². The molecule has 5 nitrogen and oxygen atoms in total. The second kappa shape index (κ2) is 5.30. The molecule has 0 aliphatic heterocycles. The van der Waals surface area contributed by atoms with Crippen LogP contribution in [0, 0.1) is 6.92 Å².